The second kappa shape index (κ2) is 18.4. The lowest BCUT2D eigenvalue weighted by molar-refractivity contribution is -0.142. The molecule has 0 unspecified atom stereocenters. The molecule has 0 fully saturated rings. The van der Waals surface area contributed by atoms with Crippen molar-refractivity contribution in [2.75, 3.05) is 27.2 Å². The lowest BCUT2D eigenvalue weighted by atomic mass is 10.0. The van der Waals surface area contributed by atoms with Gasteiger partial charge in [0.05, 0.1) is 52.1 Å². The van der Waals surface area contributed by atoms with E-state index in [0.717, 1.165) is 64.3 Å². The largest absolute Gasteiger partial charge is 0.459 e. The summed E-state index contributed by atoms with van der Waals surface area (Å²) in [6.07, 6.45) is 5.31. The monoisotopic (exact) mass is 676 g/mol. The zero-order valence-corrected chi connectivity index (χ0v) is 30.8. The Balaban J connectivity index is 0.000000257. The fourth-order valence-corrected chi connectivity index (χ4v) is 5.98. The number of aromatic nitrogens is 2. The van der Waals surface area contributed by atoms with Crippen LogP contribution in [0.15, 0.2) is 45.0 Å². The summed E-state index contributed by atoms with van der Waals surface area (Å²) in [4.78, 5) is 33.1. The second-order valence-corrected chi connectivity index (χ2v) is 13.4. The first-order valence-electron chi connectivity index (χ1n) is 15.7. The minimum atomic E-state index is -0.286. The van der Waals surface area contributed by atoms with Gasteiger partial charge in [-0.15, -0.1) is 22.7 Å². The van der Waals surface area contributed by atoms with Crippen molar-refractivity contribution in [1.82, 2.24) is 19.8 Å². The van der Waals surface area contributed by atoms with E-state index >= 15 is 0 Å². The first-order chi connectivity index (χ1) is 22.4. The highest BCUT2D eigenvalue weighted by atomic mass is 32.1. The van der Waals surface area contributed by atoms with Gasteiger partial charge in [-0.1, -0.05) is 12.1 Å². The van der Waals surface area contributed by atoms with Gasteiger partial charge in [0, 0.05) is 57.7 Å². The van der Waals surface area contributed by atoms with E-state index in [0.29, 0.717) is 0 Å². The van der Waals surface area contributed by atoms with Crippen LogP contribution in [0.2, 0.25) is 0 Å². The molecule has 9 nitrogen and oxygen atoms in total. The van der Waals surface area contributed by atoms with Crippen LogP contribution < -0.4 is 0 Å². The summed E-state index contributed by atoms with van der Waals surface area (Å²) in [7, 11) is 4.02. The number of nitrogens with zero attached hydrogens (tertiary/aromatic N) is 6. The van der Waals surface area contributed by atoms with Crippen LogP contribution in [0.4, 0.5) is 11.4 Å². The first kappa shape index (κ1) is 37.5. The number of aliphatic hydroxyl groups is 1. The molecule has 0 aliphatic heterocycles. The summed E-state index contributed by atoms with van der Waals surface area (Å²) in [5.41, 5.74) is 10.8. The van der Waals surface area contributed by atoms with Gasteiger partial charge in [-0.2, -0.15) is 0 Å². The predicted octanol–water partition coefficient (Wildman–Crippen LogP) is 7.48. The molecule has 2 heterocycles. The SMILES string of the molecule is CCN(C)C=Nc1cc(C)c(Cc2nc(CO)cs2)cc1C.CCN(C)C=Nc1cc(C)c(Cc2nc(COC(C)=O)cs2)cc1C. The standard InChI is InChI=1S/C19H25N3O2S.C17H23N3OS/c1-6-22(5)12-20-18-8-13(2)16(7-14(18)3)9-19-21-17(11-25-19)10-24-15(4)23;1-5-20(4)11-18-16-7-12(2)14(6-13(16)3)8-17-19-15(9-21)10-22-17/h7-8,11-12H,6,9-10H2,1-5H3;6-7,10-11,21H,5,8-9H2,1-4H3. The fraction of sp³-hybridized carbons (Fsp3) is 0.417. The van der Waals surface area contributed by atoms with Crippen LogP contribution in [0, 0.1) is 27.7 Å². The van der Waals surface area contributed by atoms with Gasteiger partial charge in [0.2, 0.25) is 0 Å². The number of hydrogen-bond acceptors (Lipinski definition) is 9. The number of thiazole rings is 2. The highest BCUT2D eigenvalue weighted by Gasteiger charge is 2.10. The molecule has 0 aliphatic carbocycles. The summed E-state index contributed by atoms with van der Waals surface area (Å²) in [5, 5.41) is 15.0. The van der Waals surface area contributed by atoms with Crippen molar-refractivity contribution in [3.05, 3.63) is 89.8 Å². The third-order valence-corrected chi connectivity index (χ3v) is 9.36. The van der Waals surface area contributed by atoms with Gasteiger partial charge in [-0.25, -0.2) is 20.0 Å². The van der Waals surface area contributed by atoms with E-state index in [1.807, 2.05) is 42.4 Å². The molecule has 1 N–H and O–H groups in total. The molecule has 2 aromatic carbocycles. The summed E-state index contributed by atoms with van der Waals surface area (Å²) in [6.45, 7) is 16.1. The number of hydrogen-bond donors (Lipinski definition) is 1. The maximum absolute atomic E-state index is 10.9. The van der Waals surface area contributed by atoms with Crippen molar-refractivity contribution in [1.29, 1.82) is 0 Å². The fourth-order valence-electron chi connectivity index (χ4n) is 4.37. The molecule has 0 bridgehead atoms. The van der Waals surface area contributed by atoms with E-state index in [9.17, 15) is 4.79 Å². The normalized spacial score (nSPS) is 11.2. The zero-order chi connectivity index (χ0) is 34.5. The summed E-state index contributed by atoms with van der Waals surface area (Å²) < 4.78 is 4.99. The minimum absolute atomic E-state index is 0.00705. The Hall–Kier alpha value is -3.93. The van der Waals surface area contributed by atoms with Gasteiger partial charge >= 0.3 is 5.97 Å². The van der Waals surface area contributed by atoms with Crippen LogP contribution in [0.3, 0.4) is 0 Å². The van der Waals surface area contributed by atoms with Crippen molar-refractivity contribution in [3.8, 4) is 0 Å². The van der Waals surface area contributed by atoms with Gasteiger partial charge in [0.25, 0.3) is 0 Å². The van der Waals surface area contributed by atoms with E-state index in [1.54, 1.807) is 22.7 Å². The molecule has 2 aromatic heterocycles. The maximum Gasteiger partial charge on any atom is 0.303 e. The van der Waals surface area contributed by atoms with Gasteiger partial charge in [0.15, 0.2) is 0 Å². The van der Waals surface area contributed by atoms with Crippen LogP contribution >= 0.6 is 22.7 Å². The third-order valence-electron chi connectivity index (χ3n) is 7.56. The molecule has 252 valence electrons. The summed E-state index contributed by atoms with van der Waals surface area (Å²) in [5.74, 6) is -0.286. The number of esters is 1. The number of rotatable bonds is 13. The van der Waals surface area contributed by atoms with Crippen molar-refractivity contribution in [2.45, 2.75) is 74.5 Å². The van der Waals surface area contributed by atoms with Gasteiger partial charge < -0.3 is 19.6 Å². The molecule has 0 aliphatic rings. The number of aryl methyl sites for hydroxylation is 4. The maximum atomic E-state index is 10.9. The highest BCUT2D eigenvalue weighted by Crippen LogP contribution is 2.27. The Kier molecular flexibility index (Phi) is 14.7. The molecular formula is C36H48N6O3S2. The van der Waals surface area contributed by atoms with Gasteiger partial charge in [-0.3, -0.25) is 4.79 Å². The Morgan fingerprint density at radius 3 is 1.64 bits per heavy atom. The van der Waals surface area contributed by atoms with Crippen LogP contribution in [-0.2, 0) is 35.6 Å². The Morgan fingerprint density at radius 1 is 0.787 bits per heavy atom. The van der Waals surface area contributed by atoms with E-state index in [1.165, 1.54) is 34.7 Å². The van der Waals surface area contributed by atoms with Crippen molar-refractivity contribution >= 4 is 52.7 Å². The molecule has 0 amide bonds. The van der Waals surface area contributed by atoms with Crippen LogP contribution in [0.5, 0.6) is 0 Å². The molecule has 4 aromatic rings. The quantitative estimate of drug-likeness (QED) is 0.0890. The predicted molar refractivity (Wildman–Crippen MR) is 196 cm³/mol. The average Bonchev–Trinajstić information content (AvgIpc) is 3.71. The average molecular weight is 677 g/mol. The molecule has 0 radical (unpaired) electrons. The lowest BCUT2D eigenvalue weighted by Crippen LogP contribution is -2.14. The van der Waals surface area contributed by atoms with E-state index in [-0.39, 0.29) is 19.2 Å². The highest BCUT2D eigenvalue weighted by molar-refractivity contribution is 7.10. The number of carbonyl (C=O) groups is 1. The molecule has 0 spiro atoms. The minimum Gasteiger partial charge on any atom is -0.459 e. The molecule has 47 heavy (non-hydrogen) atoms. The number of benzene rings is 2. The second-order valence-electron chi connectivity index (χ2n) is 11.5. The summed E-state index contributed by atoms with van der Waals surface area (Å²) in [6, 6.07) is 8.62. The Morgan fingerprint density at radius 2 is 1.23 bits per heavy atom. The summed E-state index contributed by atoms with van der Waals surface area (Å²) >= 11 is 3.19. The van der Waals surface area contributed by atoms with Crippen molar-refractivity contribution in [3.63, 3.8) is 0 Å². The molecule has 0 saturated carbocycles. The zero-order valence-electron chi connectivity index (χ0n) is 29.1. The molecule has 0 atom stereocenters. The lowest BCUT2D eigenvalue weighted by Gasteiger charge is -2.11. The van der Waals surface area contributed by atoms with E-state index in [4.69, 9.17) is 9.84 Å². The Bertz CT molecular complexity index is 1680. The van der Waals surface area contributed by atoms with Crippen LogP contribution in [0.1, 0.15) is 75.6 Å². The first-order valence-corrected chi connectivity index (χ1v) is 17.5. The van der Waals surface area contributed by atoms with E-state index in [2.05, 4.69) is 90.7 Å². The number of carbonyl (C=O) groups excluding carboxylic acids is 1. The topological polar surface area (TPSA) is 104 Å². The smallest absolute Gasteiger partial charge is 0.303 e. The van der Waals surface area contributed by atoms with Gasteiger partial charge in [0.1, 0.15) is 6.61 Å². The van der Waals surface area contributed by atoms with Gasteiger partial charge in [-0.05, 0) is 87.1 Å². The molecule has 0 saturated heterocycles. The van der Waals surface area contributed by atoms with Crippen molar-refractivity contribution in [2.24, 2.45) is 9.98 Å². The molecule has 4 rings (SSSR count). The van der Waals surface area contributed by atoms with Crippen LogP contribution in [0.25, 0.3) is 0 Å². The third kappa shape index (κ3) is 12.0. The number of aliphatic hydroxyl groups excluding tert-OH is 1. The molecular weight excluding hydrogens is 629 g/mol. The number of ether oxygens (including phenoxy) is 1. The van der Waals surface area contributed by atoms with Crippen LogP contribution in [-0.4, -0.2) is 70.7 Å². The van der Waals surface area contributed by atoms with E-state index < -0.39 is 0 Å². The number of aliphatic imine (C=N–C) groups is 2. The molecule has 11 heteroatoms. The van der Waals surface area contributed by atoms with Crippen molar-refractivity contribution < 1.29 is 14.6 Å². The Labute approximate surface area is 287 Å².